The molecule has 0 aliphatic carbocycles. The third-order valence-electron chi connectivity index (χ3n) is 3.45. The third kappa shape index (κ3) is 4.68. The fourth-order valence-corrected chi connectivity index (χ4v) is 2.74. The minimum absolute atomic E-state index is 0.259. The van der Waals surface area contributed by atoms with Gasteiger partial charge in [-0.2, -0.15) is 0 Å². The van der Waals surface area contributed by atoms with Crippen LogP contribution in [0.5, 0.6) is 0 Å². The highest BCUT2D eigenvalue weighted by atomic mass is 79.9. The molecule has 3 rings (SSSR count). The lowest BCUT2D eigenvalue weighted by molar-refractivity contribution is 0.101. The number of halogens is 2. The van der Waals surface area contributed by atoms with Gasteiger partial charge in [0.2, 0.25) is 0 Å². The first-order chi connectivity index (χ1) is 12.5. The lowest BCUT2D eigenvalue weighted by Crippen LogP contribution is -2.14. The van der Waals surface area contributed by atoms with Crippen LogP contribution in [0.1, 0.15) is 20.7 Å². The summed E-state index contributed by atoms with van der Waals surface area (Å²) in [6.07, 6.45) is 1.47. The fourth-order valence-electron chi connectivity index (χ4n) is 2.22. The van der Waals surface area contributed by atoms with Gasteiger partial charge in [-0.3, -0.25) is 9.59 Å². The van der Waals surface area contributed by atoms with Crippen molar-refractivity contribution in [2.45, 2.75) is 0 Å². The monoisotopic (exact) mass is 429 g/mol. The molecule has 0 saturated carbocycles. The Hall–Kier alpha value is -2.70. The highest BCUT2D eigenvalue weighted by molar-refractivity contribution is 9.10. The number of nitrogens with zero attached hydrogens (tertiary/aromatic N) is 1. The average molecular weight is 431 g/mol. The Labute approximate surface area is 163 Å². The Kier molecular flexibility index (Phi) is 5.65. The minimum atomic E-state index is -0.312. The second kappa shape index (κ2) is 8.12. The molecule has 1 aromatic heterocycles. The minimum Gasteiger partial charge on any atom is -0.322 e. The first-order valence-electron chi connectivity index (χ1n) is 7.61. The molecule has 0 spiro atoms. The van der Waals surface area contributed by atoms with E-state index < -0.39 is 0 Å². The van der Waals surface area contributed by atoms with E-state index >= 15 is 0 Å². The van der Waals surface area contributed by atoms with Gasteiger partial charge in [-0.05, 0) is 48.5 Å². The van der Waals surface area contributed by atoms with Crippen LogP contribution in [0.4, 0.5) is 11.4 Å². The van der Waals surface area contributed by atoms with E-state index in [9.17, 15) is 9.59 Å². The van der Waals surface area contributed by atoms with E-state index in [2.05, 4.69) is 31.5 Å². The highest BCUT2D eigenvalue weighted by Crippen LogP contribution is 2.17. The van der Waals surface area contributed by atoms with Gasteiger partial charge in [0.1, 0.15) is 5.15 Å². The molecular formula is C19H13BrClN3O2. The van der Waals surface area contributed by atoms with Crippen LogP contribution < -0.4 is 10.6 Å². The molecule has 0 aliphatic heterocycles. The van der Waals surface area contributed by atoms with Crippen LogP contribution in [0.25, 0.3) is 0 Å². The van der Waals surface area contributed by atoms with Gasteiger partial charge in [0.15, 0.2) is 0 Å². The van der Waals surface area contributed by atoms with Crippen molar-refractivity contribution < 1.29 is 9.59 Å². The van der Waals surface area contributed by atoms with Crippen molar-refractivity contribution in [3.05, 3.63) is 87.6 Å². The number of carbonyl (C=O) groups is 2. The van der Waals surface area contributed by atoms with Crippen LogP contribution in [0, 0.1) is 0 Å². The van der Waals surface area contributed by atoms with Crippen LogP contribution in [-0.4, -0.2) is 16.8 Å². The average Bonchev–Trinajstić information content (AvgIpc) is 2.64. The number of carbonyl (C=O) groups excluding carboxylic acids is 2. The smallest absolute Gasteiger partial charge is 0.255 e. The van der Waals surface area contributed by atoms with Crippen LogP contribution in [0.2, 0.25) is 5.15 Å². The maximum Gasteiger partial charge on any atom is 0.255 e. The molecule has 2 N–H and O–H groups in total. The largest absolute Gasteiger partial charge is 0.322 e. The molecule has 0 aliphatic rings. The first kappa shape index (κ1) is 18.1. The maximum absolute atomic E-state index is 12.4. The van der Waals surface area contributed by atoms with Crippen LogP contribution in [0.3, 0.4) is 0 Å². The van der Waals surface area contributed by atoms with Crippen LogP contribution in [0.15, 0.2) is 71.3 Å². The van der Waals surface area contributed by atoms with Crippen molar-refractivity contribution in [2.75, 3.05) is 10.6 Å². The van der Waals surface area contributed by atoms with Gasteiger partial charge in [0.25, 0.3) is 11.8 Å². The lowest BCUT2D eigenvalue weighted by Gasteiger charge is -2.09. The maximum atomic E-state index is 12.4. The number of rotatable bonds is 4. The lowest BCUT2D eigenvalue weighted by atomic mass is 10.1. The summed E-state index contributed by atoms with van der Waals surface area (Å²) in [6.45, 7) is 0. The molecule has 130 valence electrons. The van der Waals surface area contributed by atoms with Crippen molar-refractivity contribution in [1.82, 2.24) is 4.98 Å². The van der Waals surface area contributed by atoms with E-state index in [-0.39, 0.29) is 11.8 Å². The topological polar surface area (TPSA) is 71.1 Å². The number of benzene rings is 2. The molecule has 0 saturated heterocycles. The molecule has 5 nitrogen and oxygen atoms in total. The van der Waals surface area contributed by atoms with Crippen molar-refractivity contribution in [2.24, 2.45) is 0 Å². The zero-order valence-electron chi connectivity index (χ0n) is 13.4. The molecule has 0 radical (unpaired) electrons. The Morgan fingerprint density at radius 3 is 2.15 bits per heavy atom. The van der Waals surface area contributed by atoms with Gasteiger partial charge in [0.05, 0.1) is 11.9 Å². The van der Waals surface area contributed by atoms with Crippen molar-refractivity contribution in [1.29, 1.82) is 0 Å². The van der Waals surface area contributed by atoms with E-state index in [4.69, 9.17) is 11.6 Å². The van der Waals surface area contributed by atoms with Gasteiger partial charge in [-0.25, -0.2) is 4.98 Å². The summed E-state index contributed by atoms with van der Waals surface area (Å²) >= 11 is 9.06. The summed E-state index contributed by atoms with van der Waals surface area (Å²) in [4.78, 5) is 28.6. The summed E-state index contributed by atoms with van der Waals surface area (Å²) in [5, 5.41) is 5.86. The molecule has 2 aromatic carbocycles. The Morgan fingerprint density at radius 2 is 1.50 bits per heavy atom. The summed E-state index contributed by atoms with van der Waals surface area (Å²) in [5.74, 6) is -0.571. The molecule has 2 amide bonds. The first-order valence-corrected chi connectivity index (χ1v) is 8.78. The zero-order valence-corrected chi connectivity index (χ0v) is 15.7. The molecule has 0 fully saturated rings. The van der Waals surface area contributed by atoms with Gasteiger partial charge < -0.3 is 10.6 Å². The molecule has 0 atom stereocenters. The number of hydrogen-bond acceptors (Lipinski definition) is 3. The Morgan fingerprint density at radius 1 is 0.846 bits per heavy atom. The molecule has 1 heterocycles. The number of amides is 2. The summed E-state index contributed by atoms with van der Waals surface area (Å²) in [6, 6.07) is 17.0. The number of aromatic nitrogens is 1. The van der Waals surface area contributed by atoms with E-state index in [1.54, 1.807) is 54.6 Å². The van der Waals surface area contributed by atoms with Gasteiger partial charge in [-0.1, -0.05) is 39.7 Å². The van der Waals surface area contributed by atoms with Gasteiger partial charge in [0, 0.05) is 21.3 Å². The van der Waals surface area contributed by atoms with Crippen LogP contribution >= 0.6 is 27.5 Å². The number of anilines is 2. The van der Waals surface area contributed by atoms with E-state index in [0.29, 0.717) is 27.7 Å². The molecule has 0 unspecified atom stereocenters. The predicted octanol–water partition coefficient (Wildman–Crippen LogP) is 5.00. The third-order valence-corrected chi connectivity index (χ3v) is 4.17. The summed E-state index contributed by atoms with van der Waals surface area (Å²) in [7, 11) is 0. The van der Waals surface area contributed by atoms with Gasteiger partial charge >= 0.3 is 0 Å². The Balaban J connectivity index is 1.72. The van der Waals surface area contributed by atoms with E-state index in [1.807, 2.05) is 6.07 Å². The molecule has 3 aromatic rings. The summed E-state index contributed by atoms with van der Waals surface area (Å²) < 4.78 is 0.815. The standard InChI is InChI=1S/C19H13BrClN3O2/c20-14-5-1-3-12(9-14)18(25)23-15-6-2-4-13(10-15)19(26)24-16-7-8-17(21)22-11-16/h1-11H,(H,23,25)(H,24,26). The van der Waals surface area contributed by atoms with E-state index in [0.717, 1.165) is 4.47 Å². The highest BCUT2D eigenvalue weighted by Gasteiger charge is 2.10. The fraction of sp³-hybridized carbons (Fsp3) is 0. The zero-order chi connectivity index (χ0) is 18.5. The summed E-state index contributed by atoms with van der Waals surface area (Å²) in [5.41, 5.74) is 1.98. The predicted molar refractivity (Wildman–Crippen MR) is 106 cm³/mol. The Bertz CT molecular complexity index is 961. The van der Waals surface area contributed by atoms with Crippen molar-refractivity contribution in [3.8, 4) is 0 Å². The number of pyridine rings is 1. The molecule has 7 heteroatoms. The second-order valence-electron chi connectivity index (χ2n) is 5.37. The molecule has 26 heavy (non-hydrogen) atoms. The normalized spacial score (nSPS) is 10.2. The van der Waals surface area contributed by atoms with Gasteiger partial charge in [-0.15, -0.1) is 0 Å². The molecule has 0 bridgehead atoms. The SMILES string of the molecule is O=C(Nc1cccc(C(=O)Nc2ccc(Cl)nc2)c1)c1cccc(Br)c1. The van der Waals surface area contributed by atoms with Crippen LogP contribution in [-0.2, 0) is 0 Å². The molecular weight excluding hydrogens is 418 g/mol. The second-order valence-corrected chi connectivity index (χ2v) is 6.67. The number of nitrogens with one attached hydrogen (secondary N) is 2. The van der Waals surface area contributed by atoms with Crippen molar-refractivity contribution in [3.63, 3.8) is 0 Å². The van der Waals surface area contributed by atoms with Crippen molar-refractivity contribution >= 4 is 50.7 Å². The number of hydrogen-bond donors (Lipinski definition) is 2. The van der Waals surface area contributed by atoms with E-state index in [1.165, 1.54) is 6.20 Å². The quantitative estimate of drug-likeness (QED) is 0.572.